The second-order valence-electron chi connectivity index (χ2n) is 6.48. The van der Waals surface area contributed by atoms with Crippen LogP contribution in [-0.2, 0) is 13.0 Å². The van der Waals surface area contributed by atoms with Crippen molar-refractivity contribution >= 4 is 11.6 Å². The fourth-order valence-electron chi connectivity index (χ4n) is 3.49. The highest BCUT2D eigenvalue weighted by atomic mass is 35.5. The third-order valence-corrected chi connectivity index (χ3v) is 4.65. The molecular formula is C19H22ClFN2. The van der Waals surface area contributed by atoms with E-state index in [0.29, 0.717) is 12.5 Å². The number of hydrogen-bond donors (Lipinski definition) is 1. The maximum Gasteiger partial charge on any atom is 0.127 e. The highest BCUT2D eigenvalue weighted by Crippen LogP contribution is 2.23. The fraction of sp³-hybridized carbons (Fsp3) is 0.368. The smallest absolute Gasteiger partial charge is 0.127 e. The van der Waals surface area contributed by atoms with Gasteiger partial charge in [-0.05, 0) is 42.5 Å². The molecule has 4 heteroatoms. The highest BCUT2D eigenvalue weighted by Gasteiger charge is 2.25. The summed E-state index contributed by atoms with van der Waals surface area (Å²) >= 11 is 6.07. The Morgan fingerprint density at radius 2 is 1.96 bits per heavy atom. The predicted molar refractivity (Wildman–Crippen MR) is 92.9 cm³/mol. The molecule has 2 aromatic rings. The quantitative estimate of drug-likeness (QED) is 0.921. The summed E-state index contributed by atoms with van der Waals surface area (Å²) in [6.07, 6.45) is 1.96. The van der Waals surface area contributed by atoms with Crippen LogP contribution >= 0.6 is 11.6 Å². The van der Waals surface area contributed by atoms with Gasteiger partial charge in [-0.15, -0.1) is 0 Å². The monoisotopic (exact) mass is 332 g/mol. The molecule has 2 nitrogen and oxygen atoms in total. The number of likely N-dealkylation sites (tertiary alicyclic amines) is 1. The number of halogens is 2. The van der Waals surface area contributed by atoms with Gasteiger partial charge in [0.25, 0.3) is 0 Å². The largest absolute Gasteiger partial charge is 0.327 e. The SMILES string of the molecule is NC1CC(Cc2cccc(Cl)c2)CN(Cc2ccccc2F)C1. The summed E-state index contributed by atoms with van der Waals surface area (Å²) in [5, 5.41) is 0.769. The van der Waals surface area contributed by atoms with E-state index in [0.717, 1.165) is 36.5 Å². The van der Waals surface area contributed by atoms with Crippen LogP contribution in [0.25, 0.3) is 0 Å². The van der Waals surface area contributed by atoms with Crippen LogP contribution < -0.4 is 5.73 Å². The fourth-order valence-corrected chi connectivity index (χ4v) is 3.70. The van der Waals surface area contributed by atoms with Gasteiger partial charge in [-0.2, -0.15) is 0 Å². The number of nitrogens with two attached hydrogens (primary N) is 1. The molecule has 0 spiro atoms. The van der Waals surface area contributed by atoms with E-state index < -0.39 is 0 Å². The second kappa shape index (κ2) is 7.43. The average Bonchev–Trinajstić information content (AvgIpc) is 2.49. The maximum atomic E-state index is 13.9. The van der Waals surface area contributed by atoms with E-state index in [2.05, 4.69) is 11.0 Å². The van der Waals surface area contributed by atoms with E-state index in [1.807, 2.05) is 30.3 Å². The van der Waals surface area contributed by atoms with Crippen LogP contribution in [0.5, 0.6) is 0 Å². The Kier molecular flexibility index (Phi) is 5.31. The standard InChI is InChI=1S/C19H22ClFN2/c20-17-6-3-4-14(9-17)8-15-10-18(22)13-23(11-15)12-16-5-1-2-7-19(16)21/h1-7,9,15,18H,8,10-13,22H2. The molecule has 0 aliphatic carbocycles. The third kappa shape index (κ3) is 4.54. The molecule has 2 atom stereocenters. The summed E-state index contributed by atoms with van der Waals surface area (Å²) in [6.45, 7) is 2.38. The van der Waals surface area contributed by atoms with Crippen LogP contribution in [0.2, 0.25) is 5.02 Å². The Morgan fingerprint density at radius 1 is 1.13 bits per heavy atom. The van der Waals surface area contributed by atoms with Gasteiger partial charge in [0, 0.05) is 36.3 Å². The van der Waals surface area contributed by atoms with Gasteiger partial charge in [-0.3, -0.25) is 4.90 Å². The lowest BCUT2D eigenvalue weighted by molar-refractivity contribution is 0.148. The molecule has 1 fully saturated rings. The topological polar surface area (TPSA) is 29.3 Å². The van der Waals surface area contributed by atoms with Gasteiger partial charge in [0.15, 0.2) is 0 Å². The zero-order valence-electron chi connectivity index (χ0n) is 13.1. The van der Waals surface area contributed by atoms with Crippen LogP contribution in [0, 0.1) is 11.7 Å². The van der Waals surface area contributed by atoms with Gasteiger partial charge in [0.2, 0.25) is 0 Å². The third-order valence-electron chi connectivity index (χ3n) is 4.41. The maximum absolute atomic E-state index is 13.9. The van der Waals surface area contributed by atoms with E-state index in [9.17, 15) is 4.39 Å². The molecule has 23 heavy (non-hydrogen) atoms. The van der Waals surface area contributed by atoms with Gasteiger partial charge in [-0.25, -0.2) is 4.39 Å². The molecule has 0 amide bonds. The van der Waals surface area contributed by atoms with Gasteiger partial charge >= 0.3 is 0 Å². The van der Waals surface area contributed by atoms with Crippen LogP contribution in [0.3, 0.4) is 0 Å². The number of hydrogen-bond acceptors (Lipinski definition) is 2. The van der Waals surface area contributed by atoms with Crippen molar-refractivity contribution in [2.24, 2.45) is 11.7 Å². The van der Waals surface area contributed by atoms with Crippen LogP contribution in [0.15, 0.2) is 48.5 Å². The minimum absolute atomic E-state index is 0.139. The van der Waals surface area contributed by atoms with Crippen molar-refractivity contribution in [1.29, 1.82) is 0 Å². The van der Waals surface area contributed by atoms with Crippen molar-refractivity contribution in [3.05, 3.63) is 70.5 Å². The lowest BCUT2D eigenvalue weighted by Crippen LogP contribution is -2.47. The molecule has 1 aliphatic heterocycles. The van der Waals surface area contributed by atoms with Crippen molar-refractivity contribution in [2.75, 3.05) is 13.1 Å². The zero-order valence-corrected chi connectivity index (χ0v) is 13.8. The average molecular weight is 333 g/mol. The van der Waals surface area contributed by atoms with E-state index >= 15 is 0 Å². The minimum Gasteiger partial charge on any atom is -0.327 e. The van der Waals surface area contributed by atoms with E-state index in [1.165, 1.54) is 11.6 Å². The summed E-state index contributed by atoms with van der Waals surface area (Å²) in [6, 6.07) is 15.1. The molecule has 122 valence electrons. The van der Waals surface area contributed by atoms with E-state index in [4.69, 9.17) is 17.3 Å². The summed E-state index contributed by atoms with van der Waals surface area (Å²) in [7, 11) is 0. The molecule has 2 N–H and O–H groups in total. The Bertz CT molecular complexity index is 661. The number of nitrogens with zero attached hydrogens (tertiary/aromatic N) is 1. The molecule has 2 aromatic carbocycles. The van der Waals surface area contributed by atoms with Gasteiger partial charge in [0.05, 0.1) is 0 Å². The lowest BCUT2D eigenvalue weighted by Gasteiger charge is -2.36. The van der Waals surface area contributed by atoms with Crippen molar-refractivity contribution in [3.8, 4) is 0 Å². The van der Waals surface area contributed by atoms with E-state index in [-0.39, 0.29) is 11.9 Å². The van der Waals surface area contributed by atoms with Crippen LogP contribution in [0.4, 0.5) is 4.39 Å². The molecule has 1 aliphatic rings. The highest BCUT2D eigenvalue weighted by molar-refractivity contribution is 6.30. The summed E-state index contributed by atoms with van der Waals surface area (Å²) in [5.41, 5.74) is 8.21. The van der Waals surface area contributed by atoms with Crippen molar-refractivity contribution < 1.29 is 4.39 Å². The molecule has 0 radical (unpaired) electrons. The number of benzene rings is 2. The Hall–Kier alpha value is -1.42. The molecule has 0 saturated carbocycles. The van der Waals surface area contributed by atoms with Crippen LogP contribution in [0.1, 0.15) is 17.5 Å². The predicted octanol–water partition coefficient (Wildman–Crippen LogP) is 3.87. The summed E-state index contributed by atoms with van der Waals surface area (Å²) in [4.78, 5) is 2.27. The summed E-state index contributed by atoms with van der Waals surface area (Å²) < 4.78 is 13.9. The normalized spacial score (nSPS) is 22.2. The van der Waals surface area contributed by atoms with Gasteiger partial charge in [-0.1, -0.05) is 41.9 Å². The Morgan fingerprint density at radius 3 is 2.74 bits per heavy atom. The first-order valence-electron chi connectivity index (χ1n) is 8.06. The molecule has 3 rings (SSSR count). The Labute approximate surface area is 142 Å². The minimum atomic E-state index is -0.141. The molecule has 0 aromatic heterocycles. The number of rotatable bonds is 4. The molecular weight excluding hydrogens is 311 g/mol. The van der Waals surface area contributed by atoms with E-state index in [1.54, 1.807) is 6.07 Å². The first kappa shape index (κ1) is 16.4. The van der Waals surface area contributed by atoms with Gasteiger partial charge < -0.3 is 5.73 Å². The zero-order chi connectivity index (χ0) is 16.2. The lowest BCUT2D eigenvalue weighted by atomic mass is 9.89. The van der Waals surface area contributed by atoms with Crippen molar-refractivity contribution in [2.45, 2.75) is 25.4 Å². The summed E-state index contributed by atoms with van der Waals surface area (Å²) in [5.74, 6) is 0.335. The van der Waals surface area contributed by atoms with Gasteiger partial charge in [0.1, 0.15) is 5.82 Å². The van der Waals surface area contributed by atoms with Crippen molar-refractivity contribution in [3.63, 3.8) is 0 Å². The number of piperidine rings is 1. The molecule has 1 saturated heterocycles. The molecule has 1 heterocycles. The molecule has 0 bridgehead atoms. The molecule has 2 unspecified atom stereocenters. The van der Waals surface area contributed by atoms with Crippen molar-refractivity contribution in [1.82, 2.24) is 4.90 Å². The Balaban J connectivity index is 1.66. The van der Waals surface area contributed by atoms with Crippen LogP contribution in [-0.4, -0.2) is 24.0 Å². The first-order chi connectivity index (χ1) is 11.1. The second-order valence-corrected chi connectivity index (χ2v) is 6.92. The first-order valence-corrected chi connectivity index (χ1v) is 8.44.